The van der Waals surface area contributed by atoms with Crippen molar-refractivity contribution in [2.45, 2.75) is 26.2 Å². The van der Waals surface area contributed by atoms with Crippen LogP contribution < -0.4 is 10.1 Å². The van der Waals surface area contributed by atoms with E-state index in [9.17, 15) is 4.79 Å². The summed E-state index contributed by atoms with van der Waals surface area (Å²) in [4.78, 5) is 12.6. The fourth-order valence-corrected chi connectivity index (χ4v) is 2.29. The van der Waals surface area contributed by atoms with E-state index in [4.69, 9.17) is 4.74 Å². The van der Waals surface area contributed by atoms with Gasteiger partial charge in [0.1, 0.15) is 5.75 Å². The molecular formula is C18H21NO2. The maximum absolute atomic E-state index is 12.6. The number of carbonyl (C=O) groups excluding carboxylic acids is 1. The standard InChI is InChI=1S/C18H21NO2/c1-13-8-7-9-14(12-13)19-17(20)18(2,3)15-10-5-6-11-16(15)21-4/h5-12H,1-4H3,(H,19,20). The van der Waals surface area contributed by atoms with Gasteiger partial charge in [0.05, 0.1) is 12.5 Å². The largest absolute Gasteiger partial charge is 0.496 e. The number of amides is 1. The molecule has 1 amide bonds. The molecule has 0 fully saturated rings. The predicted molar refractivity (Wildman–Crippen MR) is 85.8 cm³/mol. The molecule has 110 valence electrons. The van der Waals surface area contributed by atoms with E-state index in [1.807, 2.05) is 69.3 Å². The molecule has 0 saturated carbocycles. The molecule has 0 bridgehead atoms. The van der Waals surface area contributed by atoms with Crippen LogP contribution in [0, 0.1) is 6.92 Å². The van der Waals surface area contributed by atoms with E-state index in [0.717, 1.165) is 22.6 Å². The number of para-hydroxylation sites is 1. The zero-order valence-corrected chi connectivity index (χ0v) is 12.9. The van der Waals surface area contributed by atoms with Crippen LogP contribution in [-0.2, 0) is 10.2 Å². The number of hydrogen-bond donors (Lipinski definition) is 1. The highest BCUT2D eigenvalue weighted by molar-refractivity contribution is 5.99. The zero-order valence-electron chi connectivity index (χ0n) is 12.9. The second-order valence-electron chi connectivity index (χ2n) is 5.65. The van der Waals surface area contributed by atoms with Gasteiger partial charge in [-0.05, 0) is 44.5 Å². The lowest BCUT2D eigenvalue weighted by atomic mass is 9.83. The van der Waals surface area contributed by atoms with Crippen LogP contribution in [0.1, 0.15) is 25.0 Å². The fourth-order valence-electron chi connectivity index (χ4n) is 2.29. The molecule has 2 aromatic carbocycles. The predicted octanol–water partition coefficient (Wildman–Crippen LogP) is 3.92. The first-order chi connectivity index (χ1) is 9.95. The summed E-state index contributed by atoms with van der Waals surface area (Å²) in [6.07, 6.45) is 0. The van der Waals surface area contributed by atoms with Gasteiger partial charge in [0, 0.05) is 11.3 Å². The minimum Gasteiger partial charge on any atom is -0.496 e. The summed E-state index contributed by atoms with van der Waals surface area (Å²) in [5, 5.41) is 2.98. The summed E-state index contributed by atoms with van der Waals surface area (Å²) < 4.78 is 5.37. The molecule has 21 heavy (non-hydrogen) atoms. The third kappa shape index (κ3) is 3.24. The number of hydrogen-bond acceptors (Lipinski definition) is 2. The van der Waals surface area contributed by atoms with Crippen molar-refractivity contribution in [1.82, 2.24) is 0 Å². The molecule has 2 aromatic rings. The fraction of sp³-hybridized carbons (Fsp3) is 0.278. The van der Waals surface area contributed by atoms with Crippen molar-refractivity contribution in [2.75, 3.05) is 12.4 Å². The highest BCUT2D eigenvalue weighted by atomic mass is 16.5. The van der Waals surface area contributed by atoms with E-state index < -0.39 is 5.41 Å². The van der Waals surface area contributed by atoms with Crippen molar-refractivity contribution in [1.29, 1.82) is 0 Å². The zero-order chi connectivity index (χ0) is 15.5. The minimum absolute atomic E-state index is 0.0578. The van der Waals surface area contributed by atoms with Gasteiger partial charge in [-0.3, -0.25) is 4.79 Å². The van der Waals surface area contributed by atoms with E-state index in [1.54, 1.807) is 7.11 Å². The molecule has 0 aromatic heterocycles. The van der Waals surface area contributed by atoms with E-state index in [0.29, 0.717) is 0 Å². The summed E-state index contributed by atoms with van der Waals surface area (Å²) in [7, 11) is 1.62. The third-order valence-electron chi connectivity index (χ3n) is 3.62. The Bertz CT molecular complexity index is 647. The molecular weight excluding hydrogens is 262 g/mol. The molecule has 0 aliphatic rings. The Kier molecular flexibility index (Phi) is 4.32. The van der Waals surface area contributed by atoms with E-state index in [2.05, 4.69) is 5.32 Å². The number of nitrogens with one attached hydrogen (secondary N) is 1. The van der Waals surface area contributed by atoms with Crippen LogP contribution in [0.2, 0.25) is 0 Å². The summed E-state index contributed by atoms with van der Waals surface area (Å²) in [5.41, 5.74) is 2.11. The first-order valence-electron chi connectivity index (χ1n) is 6.97. The Balaban J connectivity index is 2.28. The molecule has 3 nitrogen and oxygen atoms in total. The third-order valence-corrected chi connectivity index (χ3v) is 3.62. The SMILES string of the molecule is COc1ccccc1C(C)(C)C(=O)Nc1cccc(C)c1. The molecule has 0 radical (unpaired) electrons. The van der Waals surface area contributed by atoms with Crippen LogP contribution in [0.15, 0.2) is 48.5 Å². The molecule has 0 spiro atoms. The molecule has 1 N–H and O–H groups in total. The molecule has 0 atom stereocenters. The summed E-state index contributed by atoms with van der Waals surface area (Å²) >= 11 is 0. The normalized spacial score (nSPS) is 11.0. The summed E-state index contributed by atoms with van der Waals surface area (Å²) in [6.45, 7) is 5.80. The molecule has 0 saturated heterocycles. The van der Waals surface area contributed by atoms with Crippen molar-refractivity contribution in [2.24, 2.45) is 0 Å². The van der Waals surface area contributed by atoms with E-state index >= 15 is 0 Å². The maximum atomic E-state index is 12.6. The first-order valence-corrected chi connectivity index (χ1v) is 6.97. The molecule has 3 heteroatoms. The highest BCUT2D eigenvalue weighted by Gasteiger charge is 2.32. The summed E-state index contributed by atoms with van der Waals surface area (Å²) in [6, 6.07) is 15.4. The molecule has 2 rings (SSSR count). The number of rotatable bonds is 4. The maximum Gasteiger partial charge on any atom is 0.234 e. The molecule has 0 heterocycles. The van der Waals surface area contributed by atoms with Gasteiger partial charge in [-0.15, -0.1) is 0 Å². The molecule has 0 aliphatic carbocycles. The average molecular weight is 283 g/mol. The van der Waals surface area contributed by atoms with Gasteiger partial charge in [-0.1, -0.05) is 30.3 Å². The van der Waals surface area contributed by atoms with Gasteiger partial charge in [-0.25, -0.2) is 0 Å². The molecule has 0 aliphatic heterocycles. The minimum atomic E-state index is -0.684. The Labute approximate surface area is 126 Å². The Morgan fingerprint density at radius 1 is 1.10 bits per heavy atom. The van der Waals surface area contributed by atoms with Crippen molar-refractivity contribution in [3.8, 4) is 5.75 Å². The van der Waals surface area contributed by atoms with Gasteiger partial charge >= 0.3 is 0 Å². The van der Waals surface area contributed by atoms with Crippen molar-refractivity contribution in [3.05, 3.63) is 59.7 Å². The number of anilines is 1. The number of carbonyl (C=O) groups is 1. The summed E-state index contributed by atoms with van der Waals surface area (Å²) in [5.74, 6) is 0.666. The van der Waals surface area contributed by atoms with Crippen molar-refractivity contribution < 1.29 is 9.53 Å². The first kappa shape index (κ1) is 15.1. The topological polar surface area (TPSA) is 38.3 Å². The lowest BCUT2D eigenvalue weighted by Crippen LogP contribution is -2.35. The average Bonchev–Trinajstić information content (AvgIpc) is 2.47. The van der Waals surface area contributed by atoms with Gasteiger partial charge in [0.15, 0.2) is 0 Å². The number of aryl methyl sites for hydroxylation is 1. The number of methoxy groups -OCH3 is 1. The van der Waals surface area contributed by atoms with Crippen LogP contribution in [0.3, 0.4) is 0 Å². The second kappa shape index (κ2) is 6.00. The number of ether oxygens (including phenoxy) is 1. The van der Waals surface area contributed by atoms with Crippen molar-refractivity contribution in [3.63, 3.8) is 0 Å². The Morgan fingerprint density at radius 2 is 1.81 bits per heavy atom. The van der Waals surface area contributed by atoms with Crippen LogP contribution in [0.25, 0.3) is 0 Å². The number of benzene rings is 2. The monoisotopic (exact) mass is 283 g/mol. The van der Waals surface area contributed by atoms with E-state index in [-0.39, 0.29) is 5.91 Å². The van der Waals surface area contributed by atoms with Crippen LogP contribution in [-0.4, -0.2) is 13.0 Å². The smallest absolute Gasteiger partial charge is 0.234 e. The van der Waals surface area contributed by atoms with Crippen LogP contribution >= 0.6 is 0 Å². The van der Waals surface area contributed by atoms with Gasteiger partial charge in [0.2, 0.25) is 5.91 Å². The Morgan fingerprint density at radius 3 is 2.48 bits per heavy atom. The van der Waals surface area contributed by atoms with Gasteiger partial charge in [-0.2, -0.15) is 0 Å². The quantitative estimate of drug-likeness (QED) is 0.923. The van der Waals surface area contributed by atoms with Gasteiger partial charge in [0.25, 0.3) is 0 Å². The van der Waals surface area contributed by atoms with Crippen LogP contribution in [0.5, 0.6) is 5.75 Å². The highest BCUT2D eigenvalue weighted by Crippen LogP contribution is 2.32. The lowest BCUT2D eigenvalue weighted by molar-refractivity contribution is -0.120. The van der Waals surface area contributed by atoms with Crippen LogP contribution in [0.4, 0.5) is 5.69 Å². The van der Waals surface area contributed by atoms with Crippen molar-refractivity contribution >= 4 is 11.6 Å². The Hall–Kier alpha value is -2.29. The van der Waals surface area contributed by atoms with Gasteiger partial charge < -0.3 is 10.1 Å². The molecule has 0 unspecified atom stereocenters. The van der Waals surface area contributed by atoms with E-state index in [1.165, 1.54) is 0 Å². The second-order valence-corrected chi connectivity index (χ2v) is 5.65. The lowest BCUT2D eigenvalue weighted by Gasteiger charge is -2.26.